The highest BCUT2D eigenvalue weighted by molar-refractivity contribution is 5.78. The lowest BCUT2D eigenvalue weighted by molar-refractivity contribution is -0.137. The molecule has 1 atom stereocenters. The summed E-state index contributed by atoms with van der Waals surface area (Å²) in [7, 11) is 0. The van der Waals surface area contributed by atoms with E-state index in [1.165, 1.54) is 6.07 Å². The van der Waals surface area contributed by atoms with Gasteiger partial charge in [-0.25, -0.2) is 14.4 Å². The summed E-state index contributed by atoms with van der Waals surface area (Å²) in [5.41, 5.74) is 0.792. The summed E-state index contributed by atoms with van der Waals surface area (Å²) in [4.78, 5) is 36.6. The Morgan fingerprint density at radius 2 is 2.10 bits per heavy atom. The summed E-state index contributed by atoms with van der Waals surface area (Å²) in [6.45, 7) is 2.32. The summed E-state index contributed by atoms with van der Waals surface area (Å²) in [5, 5.41) is 3.06. The van der Waals surface area contributed by atoms with E-state index < -0.39 is 5.82 Å². The Balaban J connectivity index is 1.32. The van der Waals surface area contributed by atoms with Gasteiger partial charge < -0.3 is 19.9 Å². The van der Waals surface area contributed by atoms with Gasteiger partial charge in [-0.1, -0.05) is 6.07 Å². The van der Waals surface area contributed by atoms with Crippen LogP contribution in [0.4, 0.5) is 16.0 Å². The lowest BCUT2D eigenvalue weighted by Gasteiger charge is -2.25. The Morgan fingerprint density at radius 1 is 1.19 bits per heavy atom. The quantitative estimate of drug-likeness (QED) is 0.652. The van der Waals surface area contributed by atoms with E-state index in [2.05, 4.69) is 15.3 Å². The first-order valence-electron chi connectivity index (χ1n) is 10.6. The third kappa shape index (κ3) is 5.35. The average molecular weight is 427 g/mol. The lowest BCUT2D eigenvalue weighted by Crippen LogP contribution is -2.35. The molecule has 2 saturated heterocycles. The van der Waals surface area contributed by atoms with Crippen LogP contribution in [-0.4, -0.2) is 64.4 Å². The zero-order chi connectivity index (χ0) is 21.6. The molecule has 2 aromatic heterocycles. The first kappa shape index (κ1) is 21.2. The summed E-state index contributed by atoms with van der Waals surface area (Å²) in [6.07, 6.45) is 4.37. The molecule has 2 fully saturated rings. The molecule has 0 aromatic carbocycles. The number of pyridine rings is 2. The minimum absolute atomic E-state index is 0.00400. The number of carbonyl (C=O) groups excluding carboxylic acids is 2. The molecule has 2 aliphatic heterocycles. The van der Waals surface area contributed by atoms with Gasteiger partial charge in [0.1, 0.15) is 24.1 Å². The highest BCUT2D eigenvalue weighted by atomic mass is 19.1. The molecule has 164 valence electrons. The van der Waals surface area contributed by atoms with Crippen molar-refractivity contribution >= 4 is 23.5 Å². The smallest absolute Gasteiger partial charge is 0.249 e. The number of carbonyl (C=O) groups is 2. The normalized spacial score (nSPS) is 18.6. The van der Waals surface area contributed by atoms with Gasteiger partial charge in [-0.3, -0.25) is 9.59 Å². The van der Waals surface area contributed by atoms with Gasteiger partial charge in [0.25, 0.3) is 0 Å². The third-order valence-corrected chi connectivity index (χ3v) is 5.57. The van der Waals surface area contributed by atoms with Crippen LogP contribution < -0.4 is 5.32 Å². The number of hydrogen-bond acceptors (Lipinski definition) is 6. The molecule has 4 rings (SSSR count). The van der Waals surface area contributed by atoms with E-state index >= 15 is 0 Å². The molecule has 8 nitrogen and oxygen atoms in total. The van der Waals surface area contributed by atoms with Crippen LogP contribution in [0, 0.1) is 5.82 Å². The largest absolute Gasteiger partial charge is 0.370 e. The van der Waals surface area contributed by atoms with Crippen LogP contribution in [0.2, 0.25) is 0 Å². The summed E-state index contributed by atoms with van der Waals surface area (Å²) in [5.74, 6) is 0.764. The van der Waals surface area contributed by atoms with Crippen LogP contribution in [0.3, 0.4) is 0 Å². The van der Waals surface area contributed by atoms with Crippen molar-refractivity contribution in [1.29, 1.82) is 0 Å². The van der Waals surface area contributed by atoms with Gasteiger partial charge in [-0.15, -0.1) is 0 Å². The molecule has 2 aliphatic rings. The molecule has 0 saturated carbocycles. The molecule has 0 spiro atoms. The number of nitrogens with zero attached hydrogens (tertiary/aromatic N) is 4. The summed E-state index contributed by atoms with van der Waals surface area (Å²) in [6, 6.07) is 8.34. The van der Waals surface area contributed by atoms with E-state index in [4.69, 9.17) is 4.74 Å². The van der Waals surface area contributed by atoms with Crippen LogP contribution in [0.5, 0.6) is 0 Å². The number of amides is 2. The van der Waals surface area contributed by atoms with Gasteiger partial charge in [-0.05, 0) is 43.5 Å². The van der Waals surface area contributed by atoms with Crippen molar-refractivity contribution in [2.75, 3.05) is 38.2 Å². The molecular formula is C22H26FN5O3. The van der Waals surface area contributed by atoms with E-state index in [0.717, 1.165) is 37.7 Å². The van der Waals surface area contributed by atoms with Gasteiger partial charge in [0.05, 0.1) is 24.5 Å². The maximum atomic E-state index is 13.0. The maximum Gasteiger partial charge on any atom is 0.249 e. The third-order valence-electron chi connectivity index (χ3n) is 5.57. The molecule has 0 radical (unpaired) electrons. The molecule has 4 heterocycles. The molecule has 1 N–H and O–H groups in total. The van der Waals surface area contributed by atoms with Crippen LogP contribution in [0.25, 0.3) is 0 Å². The lowest BCUT2D eigenvalue weighted by atomic mass is 10.1. The van der Waals surface area contributed by atoms with Crippen molar-refractivity contribution in [3.63, 3.8) is 0 Å². The second-order valence-electron chi connectivity index (χ2n) is 7.72. The highest BCUT2D eigenvalue weighted by Crippen LogP contribution is 2.31. The van der Waals surface area contributed by atoms with Crippen molar-refractivity contribution in [3.8, 4) is 0 Å². The van der Waals surface area contributed by atoms with Gasteiger partial charge in [0, 0.05) is 26.1 Å². The molecular weight excluding hydrogens is 401 g/mol. The van der Waals surface area contributed by atoms with Crippen LogP contribution in [0.15, 0.2) is 36.5 Å². The average Bonchev–Trinajstić information content (AvgIpc) is 3.42. The SMILES string of the molecule is O=C1CCCN1CCOCC(=O)N1CCC[C@@H]1c1cccc(Nc2ccc(F)cn2)n1. The number of rotatable bonds is 8. The predicted octanol–water partition coefficient (Wildman–Crippen LogP) is 2.66. The van der Waals surface area contributed by atoms with Crippen molar-refractivity contribution in [2.45, 2.75) is 31.7 Å². The van der Waals surface area contributed by atoms with Crippen molar-refractivity contribution in [2.24, 2.45) is 0 Å². The van der Waals surface area contributed by atoms with Crippen molar-refractivity contribution < 1.29 is 18.7 Å². The van der Waals surface area contributed by atoms with E-state index in [1.807, 2.05) is 17.0 Å². The molecule has 31 heavy (non-hydrogen) atoms. The fourth-order valence-electron chi connectivity index (χ4n) is 4.02. The van der Waals surface area contributed by atoms with E-state index in [9.17, 15) is 14.0 Å². The van der Waals surface area contributed by atoms with Crippen LogP contribution >= 0.6 is 0 Å². The first-order chi connectivity index (χ1) is 15.1. The topological polar surface area (TPSA) is 87.7 Å². The number of ether oxygens (including phenoxy) is 1. The van der Waals surface area contributed by atoms with Gasteiger partial charge in [-0.2, -0.15) is 0 Å². The van der Waals surface area contributed by atoms with Gasteiger partial charge in [0.2, 0.25) is 11.8 Å². The Kier molecular flexibility index (Phi) is 6.71. The van der Waals surface area contributed by atoms with E-state index in [0.29, 0.717) is 37.8 Å². The Hall–Kier alpha value is -3.07. The maximum absolute atomic E-state index is 13.0. The predicted molar refractivity (Wildman–Crippen MR) is 112 cm³/mol. The van der Waals surface area contributed by atoms with Crippen LogP contribution in [-0.2, 0) is 14.3 Å². The van der Waals surface area contributed by atoms with Gasteiger partial charge in [0.15, 0.2) is 0 Å². The molecule has 9 heteroatoms. The standard InChI is InChI=1S/C22H26FN5O3/c23-16-8-9-19(24-14-16)26-20-6-1-4-17(25-20)18-5-2-11-28(18)22(30)15-31-13-12-27-10-3-7-21(27)29/h1,4,6,8-9,14,18H,2-3,5,7,10-13,15H2,(H,24,25,26)/t18-/m1/s1. The Bertz CT molecular complexity index is 924. The number of halogens is 1. The molecule has 0 unspecified atom stereocenters. The van der Waals surface area contributed by atoms with E-state index in [1.54, 1.807) is 17.0 Å². The van der Waals surface area contributed by atoms with Gasteiger partial charge >= 0.3 is 0 Å². The molecule has 0 bridgehead atoms. The monoisotopic (exact) mass is 427 g/mol. The van der Waals surface area contributed by atoms with Crippen molar-refractivity contribution in [1.82, 2.24) is 19.8 Å². The number of nitrogens with one attached hydrogen (secondary N) is 1. The van der Waals surface area contributed by atoms with Crippen LogP contribution in [0.1, 0.15) is 37.4 Å². The zero-order valence-electron chi connectivity index (χ0n) is 17.3. The van der Waals surface area contributed by atoms with E-state index in [-0.39, 0.29) is 24.5 Å². The molecule has 2 aromatic rings. The second-order valence-corrected chi connectivity index (χ2v) is 7.72. The number of anilines is 2. The summed E-state index contributed by atoms with van der Waals surface area (Å²) >= 11 is 0. The zero-order valence-corrected chi connectivity index (χ0v) is 17.3. The molecule has 0 aliphatic carbocycles. The minimum atomic E-state index is -0.401. The number of likely N-dealkylation sites (tertiary alicyclic amines) is 2. The molecule has 2 amide bonds. The summed E-state index contributed by atoms with van der Waals surface area (Å²) < 4.78 is 18.6. The Morgan fingerprint density at radius 3 is 2.87 bits per heavy atom. The Labute approximate surface area is 180 Å². The fraction of sp³-hybridized carbons (Fsp3) is 0.455. The minimum Gasteiger partial charge on any atom is -0.370 e. The second kappa shape index (κ2) is 9.82. The number of aromatic nitrogens is 2. The fourth-order valence-corrected chi connectivity index (χ4v) is 4.02. The first-order valence-corrected chi connectivity index (χ1v) is 10.6. The highest BCUT2D eigenvalue weighted by Gasteiger charge is 2.31. The number of hydrogen-bond donors (Lipinski definition) is 1. The van der Waals surface area contributed by atoms with Crippen molar-refractivity contribution in [3.05, 3.63) is 48.0 Å².